The summed E-state index contributed by atoms with van der Waals surface area (Å²) in [6, 6.07) is 15.1. The molecule has 1 fully saturated rings. The quantitative estimate of drug-likeness (QED) is 0.443. The second kappa shape index (κ2) is 12.9. The third kappa shape index (κ3) is 6.43. The van der Waals surface area contributed by atoms with Crippen LogP contribution in [0.5, 0.6) is 0 Å². The van der Waals surface area contributed by atoms with Crippen LogP contribution in [0.1, 0.15) is 73.0 Å². The Labute approximate surface area is 235 Å². The van der Waals surface area contributed by atoms with Crippen molar-refractivity contribution in [3.63, 3.8) is 0 Å². The third-order valence-electron chi connectivity index (χ3n) is 7.71. The molecule has 1 atom stereocenters. The Morgan fingerprint density at radius 1 is 0.925 bits per heavy atom. The summed E-state index contributed by atoms with van der Waals surface area (Å²) in [5.41, 5.74) is 4.38. The molecule has 8 heteroatoms. The van der Waals surface area contributed by atoms with Crippen LogP contribution in [0.3, 0.4) is 0 Å². The van der Waals surface area contributed by atoms with Gasteiger partial charge in [0, 0.05) is 36.7 Å². The minimum Gasteiger partial charge on any atom is -0.466 e. The van der Waals surface area contributed by atoms with E-state index in [0.717, 1.165) is 16.7 Å². The van der Waals surface area contributed by atoms with Crippen molar-refractivity contribution in [2.24, 2.45) is 5.92 Å². The molecule has 0 saturated carbocycles. The number of allylic oxidation sites excluding steroid dienone is 1. The summed E-state index contributed by atoms with van der Waals surface area (Å²) in [6.45, 7) is 9.14. The predicted octanol–water partition coefficient (Wildman–Crippen LogP) is 4.76. The highest BCUT2D eigenvalue weighted by Crippen LogP contribution is 2.38. The highest BCUT2D eigenvalue weighted by atomic mass is 16.5. The highest BCUT2D eigenvalue weighted by molar-refractivity contribution is 5.96. The van der Waals surface area contributed by atoms with Crippen molar-refractivity contribution in [2.45, 2.75) is 59.4 Å². The van der Waals surface area contributed by atoms with E-state index in [1.165, 1.54) is 0 Å². The summed E-state index contributed by atoms with van der Waals surface area (Å²) in [4.78, 5) is 55.2. The van der Waals surface area contributed by atoms with Crippen LogP contribution in [0.15, 0.2) is 59.8 Å². The molecule has 212 valence electrons. The van der Waals surface area contributed by atoms with Gasteiger partial charge in [-0.15, -0.1) is 0 Å². The molecule has 4 rings (SSSR count). The molecule has 40 heavy (non-hydrogen) atoms. The Morgan fingerprint density at radius 3 is 2.25 bits per heavy atom. The zero-order chi connectivity index (χ0) is 28.8. The van der Waals surface area contributed by atoms with Gasteiger partial charge in [-0.05, 0) is 63.8 Å². The molecule has 2 heterocycles. The summed E-state index contributed by atoms with van der Waals surface area (Å²) in [5, 5.41) is 0. The van der Waals surface area contributed by atoms with E-state index in [-0.39, 0.29) is 49.2 Å². The number of likely N-dealkylation sites (tertiary alicyclic amines) is 1. The largest absolute Gasteiger partial charge is 0.466 e. The Hall–Kier alpha value is -3.94. The zero-order valence-electron chi connectivity index (χ0n) is 23.8. The molecule has 0 radical (unpaired) electrons. The van der Waals surface area contributed by atoms with Crippen LogP contribution in [0.4, 0.5) is 0 Å². The first-order valence-electron chi connectivity index (χ1n) is 14.0. The maximum Gasteiger partial charge on any atom is 0.336 e. The minimum absolute atomic E-state index is 0.0890. The molecular weight excluding hydrogens is 508 g/mol. The Morgan fingerprint density at radius 2 is 1.60 bits per heavy atom. The van der Waals surface area contributed by atoms with Gasteiger partial charge in [-0.2, -0.15) is 0 Å². The van der Waals surface area contributed by atoms with Gasteiger partial charge in [-0.1, -0.05) is 42.0 Å². The number of benzene rings is 2. The van der Waals surface area contributed by atoms with Gasteiger partial charge in [-0.3, -0.25) is 14.4 Å². The molecule has 2 aliphatic heterocycles. The highest BCUT2D eigenvalue weighted by Gasteiger charge is 2.37. The van der Waals surface area contributed by atoms with E-state index in [9.17, 15) is 19.2 Å². The second-order valence-electron chi connectivity index (χ2n) is 10.4. The maximum atomic E-state index is 13.4. The molecule has 2 aliphatic rings. The summed E-state index contributed by atoms with van der Waals surface area (Å²) >= 11 is 0. The molecule has 1 unspecified atom stereocenters. The van der Waals surface area contributed by atoms with Gasteiger partial charge in [0.05, 0.1) is 31.2 Å². The first-order chi connectivity index (χ1) is 19.2. The summed E-state index contributed by atoms with van der Waals surface area (Å²) < 4.78 is 10.5. The van der Waals surface area contributed by atoms with Crippen molar-refractivity contribution in [3.05, 3.63) is 82.1 Å². The standard InChI is InChI=1S/C32H38N2O6/c1-5-39-31(37)25-14-16-33(17-15-25)30(36)26-9-7-8-23(18-26)20-34-22(4)29(32(38)40-6-2)27(19-28(34)35)24-12-10-21(3)11-13-24/h7-13,18,25,27H,5-6,14-17,19-20H2,1-4H3. The summed E-state index contributed by atoms with van der Waals surface area (Å²) in [6.07, 6.45) is 1.31. The van der Waals surface area contributed by atoms with E-state index in [2.05, 4.69) is 0 Å². The van der Waals surface area contributed by atoms with E-state index in [1.54, 1.807) is 42.7 Å². The van der Waals surface area contributed by atoms with Crippen LogP contribution in [0, 0.1) is 12.8 Å². The lowest BCUT2D eigenvalue weighted by Crippen LogP contribution is -2.40. The zero-order valence-corrected chi connectivity index (χ0v) is 23.8. The fourth-order valence-corrected chi connectivity index (χ4v) is 5.51. The molecule has 2 amide bonds. The number of amides is 2. The number of hydrogen-bond acceptors (Lipinski definition) is 6. The van der Waals surface area contributed by atoms with Crippen molar-refractivity contribution in [3.8, 4) is 0 Å². The monoisotopic (exact) mass is 546 g/mol. The lowest BCUT2D eigenvalue weighted by Gasteiger charge is -2.34. The van der Waals surface area contributed by atoms with E-state index in [0.29, 0.717) is 49.4 Å². The summed E-state index contributed by atoms with van der Waals surface area (Å²) in [5.74, 6) is -1.36. The van der Waals surface area contributed by atoms with Gasteiger partial charge in [0.15, 0.2) is 0 Å². The number of esters is 2. The van der Waals surface area contributed by atoms with E-state index < -0.39 is 5.97 Å². The van der Waals surface area contributed by atoms with Crippen molar-refractivity contribution in [2.75, 3.05) is 26.3 Å². The molecule has 0 aliphatic carbocycles. The van der Waals surface area contributed by atoms with Crippen LogP contribution in [-0.4, -0.2) is 59.9 Å². The molecule has 0 bridgehead atoms. The van der Waals surface area contributed by atoms with Gasteiger partial charge in [0.2, 0.25) is 5.91 Å². The van der Waals surface area contributed by atoms with Gasteiger partial charge < -0.3 is 19.3 Å². The SMILES string of the molecule is CCOC(=O)C1=C(C)N(Cc2cccc(C(=O)N3CCC(C(=O)OCC)CC3)c2)C(=O)CC1c1ccc(C)cc1. The van der Waals surface area contributed by atoms with Crippen LogP contribution < -0.4 is 0 Å². The average molecular weight is 547 g/mol. The fraction of sp³-hybridized carbons (Fsp3) is 0.438. The van der Waals surface area contributed by atoms with Gasteiger partial charge >= 0.3 is 11.9 Å². The average Bonchev–Trinajstić information content (AvgIpc) is 2.95. The molecule has 2 aromatic rings. The second-order valence-corrected chi connectivity index (χ2v) is 10.4. The number of piperidine rings is 1. The Kier molecular flexibility index (Phi) is 9.40. The van der Waals surface area contributed by atoms with E-state index in [1.807, 2.05) is 43.3 Å². The first kappa shape index (κ1) is 29.1. The Balaban J connectivity index is 1.53. The van der Waals surface area contributed by atoms with Crippen molar-refractivity contribution in [1.82, 2.24) is 9.80 Å². The minimum atomic E-state index is -0.418. The fourth-order valence-electron chi connectivity index (χ4n) is 5.51. The van der Waals surface area contributed by atoms with E-state index >= 15 is 0 Å². The van der Waals surface area contributed by atoms with Gasteiger partial charge in [-0.25, -0.2) is 4.79 Å². The van der Waals surface area contributed by atoms with Crippen LogP contribution >= 0.6 is 0 Å². The number of carbonyl (C=O) groups excluding carboxylic acids is 4. The Bertz CT molecular complexity index is 1290. The molecule has 2 aromatic carbocycles. The topological polar surface area (TPSA) is 93.2 Å². The third-order valence-corrected chi connectivity index (χ3v) is 7.71. The van der Waals surface area contributed by atoms with Gasteiger partial charge in [0.25, 0.3) is 5.91 Å². The summed E-state index contributed by atoms with van der Waals surface area (Å²) in [7, 11) is 0. The van der Waals surface area contributed by atoms with Crippen LogP contribution in [0.2, 0.25) is 0 Å². The van der Waals surface area contributed by atoms with Crippen molar-refractivity contribution < 1.29 is 28.7 Å². The van der Waals surface area contributed by atoms with Crippen LogP contribution in [0.25, 0.3) is 0 Å². The predicted molar refractivity (Wildman–Crippen MR) is 150 cm³/mol. The normalized spacial score (nSPS) is 18.1. The number of rotatable bonds is 8. The number of nitrogens with zero attached hydrogens (tertiary/aromatic N) is 2. The number of carbonyl (C=O) groups is 4. The first-order valence-corrected chi connectivity index (χ1v) is 14.0. The maximum absolute atomic E-state index is 13.4. The molecular formula is C32H38N2O6. The molecule has 0 aromatic heterocycles. The molecule has 8 nitrogen and oxygen atoms in total. The van der Waals surface area contributed by atoms with E-state index in [4.69, 9.17) is 9.47 Å². The molecule has 1 saturated heterocycles. The lowest BCUT2D eigenvalue weighted by atomic mass is 9.83. The van der Waals surface area contributed by atoms with Crippen molar-refractivity contribution >= 4 is 23.8 Å². The lowest BCUT2D eigenvalue weighted by molar-refractivity contribution is -0.149. The molecule has 0 spiro atoms. The van der Waals surface area contributed by atoms with Crippen LogP contribution in [-0.2, 0) is 30.4 Å². The smallest absolute Gasteiger partial charge is 0.336 e. The number of hydrogen-bond donors (Lipinski definition) is 0. The number of aryl methyl sites for hydroxylation is 1. The van der Waals surface area contributed by atoms with Crippen molar-refractivity contribution in [1.29, 1.82) is 0 Å². The number of ether oxygens (including phenoxy) is 2. The van der Waals surface area contributed by atoms with Gasteiger partial charge in [0.1, 0.15) is 0 Å². The molecule has 0 N–H and O–H groups in total.